The van der Waals surface area contributed by atoms with Crippen LogP contribution in [0.3, 0.4) is 0 Å². The number of thioether (sulfide) groups is 1. The van der Waals surface area contributed by atoms with Crippen molar-refractivity contribution in [1.82, 2.24) is 0 Å². The molecule has 0 spiro atoms. The van der Waals surface area contributed by atoms with Crippen molar-refractivity contribution in [1.29, 1.82) is 0 Å². The van der Waals surface area contributed by atoms with E-state index in [4.69, 9.17) is 0 Å². The van der Waals surface area contributed by atoms with E-state index in [1.165, 1.54) is 12.1 Å². The smallest absolute Gasteiger partial charge is 0.269 e. The number of nitrogens with zero attached hydrogens (tertiary/aromatic N) is 2. The molecular formula is C12H12N2O2S. The molecule has 1 aromatic rings. The van der Waals surface area contributed by atoms with E-state index in [1.807, 2.05) is 12.3 Å². The van der Waals surface area contributed by atoms with Crippen molar-refractivity contribution < 1.29 is 4.92 Å². The van der Waals surface area contributed by atoms with Gasteiger partial charge in [-0.15, -0.1) is 11.8 Å². The molecule has 1 aliphatic rings. The minimum absolute atomic E-state index is 0.127. The Labute approximate surface area is 104 Å². The lowest BCUT2D eigenvalue weighted by molar-refractivity contribution is -0.384. The molecule has 0 saturated carbocycles. The van der Waals surface area contributed by atoms with Gasteiger partial charge in [-0.3, -0.25) is 15.1 Å². The van der Waals surface area contributed by atoms with Crippen molar-refractivity contribution in [2.24, 2.45) is 4.99 Å². The highest BCUT2D eigenvalue weighted by molar-refractivity contribution is 8.13. The molecule has 1 heterocycles. The molecule has 1 aromatic carbocycles. The second-order valence-electron chi connectivity index (χ2n) is 3.70. The van der Waals surface area contributed by atoms with Crippen molar-refractivity contribution in [2.45, 2.75) is 5.92 Å². The van der Waals surface area contributed by atoms with E-state index in [-0.39, 0.29) is 16.5 Å². The summed E-state index contributed by atoms with van der Waals surface area (Å²) in [5.74, 6) is 0.228. The van der Waals surface area contributed by atoms with Crippen molar-refractivity contribution in [3.8, 4) is 0 Å². The van der Waals surface area contributed by atoms with Gasteiger partial charge in [0.2, 0.25) is 0 Å². The zero-order valence-corrected chi connectivity index (χ0v) is 10.2. The Bertz CT molecular complexity index is 480. The lowest BCUT2D eigenvalue weighted by Crippen LogP contribution is -2.06. The van der Waals surface area contributed by atoms with Crippen LogP contribution in [0.15, 0.2) is 41.4 Å². The second-order valence-corrected chi connectivity index (χ2v) is 4.52. The molecule has 1 atom stereocenters. The molecule has 0 bridgehead atoms. The predicted octanol–water partition coefficient (Wildman–Crippen LogP) is 3.01. The Morgan fingerprint density at radius 3 is 2.59 bits per heavy atom. The summed E-state index contributed by atoms with van der Waals surface area (Å²) < 4.78 is 0. The fourth-order valence-corrected chi connectivity index (χ4v) is 2.11. The van der Waals surface area contributed by atoms with Crippen LogP contribution >= 0.6 is 11.8 Å². The number of nitro benzene ring substituents is 1. The third-order valence-corrected chi connectivity index (χ3v) is 3.34. The maximum absolute atomic E-state index is 10.5. The number of benzene rings is 1. The van der Waals surface area contributed by atoms with E-state index >= 15 is 0 Å². The van der Waals surface area contributed by atoms with Crippen LogP contribution in [0.5, 0.6) is 0 Å². The second kappa shape index (κ2) is 5.14. The Morgan fingerprint density at radius 1 is 1.41 bits per heavy atom. The Balaban J connectivity index is 2.12. The van der Waals surface area contributed by atoms with Gasteiger partial charge in [0.1, 0.15) is 0 Å². The molecule has 88 valence electrons. The average molecular weight is 248 g/mol. The zero-order chi connectivity index (χ0) is 12.3. The van der Waals surface area contributed by atoms with Crippen LogP contribution in [0.2, 0.25) is 0 Å². The molecular weight excluding hydrogens is 236 g/mol. The number of nitro groups is 1. The number of rotatable bonds is 2. The summed E-state index contributed by atoms with van der Waals surface area (Å²) in [5, 5.41) is 11.6. The fourth-order valence-electron chi connectivity index (χ4n) is 1.69. The van der Waals surface area contributed by atoms with Gasteiger partial charge in [0.15, 0.2) is 0 Å². The molecule has 2 rings (SSSR count). The van der Waals surface area contributed by atoms with Crippen LogP contribution in [-0.2, 0) is 0 Å². The first-order valence-corrected chi connectivity index (χ1v) is 6.44. The topological polar surface area (TPSA) is 55.5 Å². The quantitative estimate of drug-likeness (QED) is 0.597. The predicted molar refractivity (Wildman–Crippen MR) is 70.8 cm³/mol. The fraction of sp³-hybridized carbons (Fsp3) is 0.250. The molecule has 1 aliphatic heterocycles. The number of hydrogen-bond donors (Lipinski definition) is 0. The summed E-state index contributed by atoms with van der Waals surface area (Å²) in [7, 11) is 0. The number of non-ortho nitro benzene ring substituents is 1. The summed E-state index contributed by atoms with van der Waals surface area (Å²) in [5.41, 5.74) is 1.19. The molecule has 0 amide bonds. The third-order valence-electron chi connectivity index (χ3n) is 2.66. The van der Waals surface area contributed by atoms with Crippen LogP contribution < -0.4 is 0 Å². The molecule has 5 heteroatoms. The highest BCUT2D eigenvalue weighted by Crippen LogP contribution is 2.24. The summed E-state index contributed by atoms with van der Waals surface area (Å²) in [6.07, 6.45) is 6.09. The van der Waals surface area contributed by atoms with E-state index < -0.39 is 0 Å². The minimum Gasteiger partial charge on any atom is -0.278 e. The first kappa shape index (κ1) is 11.9. The molecule has 0 aromatic heterocycles. The van der Waals surface area contributed by atoms with Crippen LogP contribution in [0.4, 0.5) is 5.69 Å². The molecule has 0 radical (unpaired) electrons. The van der Waals surface area contributed by atoms with E-state index in [0.29, 0.717) is 6.54 Å². The van der Waals surface area contributed by atoms with Crippen LogP contribution in [-0.4, -0.2) is 22.8 Å². The van der Waals surface area contributed by atoms with E-state index in [1.54, 1.807) is 23.9 Å². The molecule has 0 aliphatic carbocycles. The highest BCUT2D eigenvalue weighted by Gasteiger charge is 2.13. The van der Waals surface area contributed by atoms with E-state index in [2.05, 4.69) is 11.1 Å². The van der Waals surface area contributed by atoms with Gasteiger partial charge >= 0.3 is 0 Å². The van der Waals surface area contributed by atoms with Crippen molar-refractivity contribution in [3.05, 3.63) is 52.1 Å². The maximum atomic E-state index is 10.5. The molecule has 1 unspecified atom stereocenters. The summed E-state index contributed by atoms with van der Waals surface area (Å²) in [6, 6.07) is 6.67. The van der Waals surface area contributed by atoms with Gasteiger partial charge in [-0.1, -0.05) is 18.2 Å². The highest BCUT2D eigenvalue weighted by atomic mass is 32.2. The van der Waals surface area contributed by atoms with Crippen LogP contribution in [0, 0.1) is 10.1 Å². The molecule has 17 heavy (non-hydrogen) atoms. The first-order chi connectivity index (χ1) is 8.20. The van der Waals surface area contributed by atoms with Gasteiger partial charge in [-0.25, -0.2) is 0 Å². The van der Waals surface area contributed by atoms with Crippen LogP contribution in [0.25, 0.3) is 0 Å². The average Bonchev–Trinajstić information content (AvgIpc) is 2.39. The lowest BCUT2D eigenvalue weighted by Gasteiger charge is -2.14. The van der Waals surface area contributed by atoms with E-state index in [9.17, 15) is 10.1 Å². The molecule has 0 N–H and O–H groups in total. The van der Waals surface area contributed by atoms with Gasteiger partial charge in [0.25, 0.3) is 5.69 Å². The summed E-state index contributed by atoms with van der Waals surface area (Å²) in [4.78, 5) is 14.6. The molecule has 0 fully saturated rings. The largest absolute Gasteiger partial charge is 0.278 e. The number of hydrogen-bond acceptors (Lipinski definition) is 4. The molecule has 4 nitrogen and oxygen atoms in total. The molecule has 0 saturated heterocycles. The van der Waals surface area contributed by atoms with Gasteiger partial charge in [-0.05, 0) is 17.9 Å². The van der Waals surface area contributed by atoms with Crippen LogP contribution in [0.1, 0.15) is 11.5 Å². The zero-order valence-electron chi connectivity index (χ0n) is 9.37. The number of aliphatic imine (C=N–C) groups is 1. The Hall–Kier alpha value is -1.62. The Morgan fingerprint density at radius 2 is 2.12 bits per heavy atom. The monoisotopic (exact) mass is 248 g/mol. The summed E-state index contributed by atoms with van der Waals surface area (Å²) >= 11 is 1.62. The number of dihydropyridines is 1. The van der Waals surface area contributed by atoms with Gasteiger partial charge in [0, 0.05) is 18.1 Å². The van der Waals surface area contributed by atoms with Gasteiger partial charge in [-0.2, -0.15) is 0 Å². The standard InChI is InChI=1S/C12H12N2O2S/c1-17-12-7-4-10(8-13-12)9-2-5-11(6-3-9)14(15)16/h2-7,10H,8H2,1H3. The van der Waals surface area contributed by atoms with Crippen molar-refractivity contribution >= 4 is 22.5 Å². The first-order valence-electron chi connectivity index (χ1n) is 5.21. The third kappa shape index (κ3) is 2.74. The minimum atomic E-state index is -0.384. The normalized spacial score (nSPS) is 18.9. The summed E-state index contributed by atoms with van der Waals surface area (Å²) in [6.45, 7) is 0.713. The van der Waals surface area contributed by atoms with E-state index in [0.717, 1.165) is 10.6 Å². The lowest BCUT2D eigenvalue weighted by atomic mass is 9.97. The van der Waals surface area contributed by atoms with Crippen molar-refractivity contribution in [3.63, 3.8) is 0 Å². The van der Waals surface area contributed by atoms with Crippen molar-refractivity contribution in [2.75, 3.05) is 12.8 Å². The van der Waals surface area contributed by atoms with Gasteiger partial charge in [0.05, 0.1) is 16.5 Å². The SMILES string of the molecule is CSC1=NCC(c2ccc([N+](=O)[O-])cc2)C=C1. The maximum Gasteiger partial charge on any atom is 0.269 e. The van der Waals surface area contributed by atoms with Gasteiger partial charge < -0.3 is 0 Å². The Kier molecular flexibility index (Phi) is 3.58.